The molecule has 0 spiro atoms. The van der Waals surface area contributed by atoms with Crippen molar-refractivity contribution in [1.29, 1.82) is 0 Å². The average Bonchev–Trinajstić information content (AvgIpc) is 2.84. The van der Waals surface area contributed by atoms with E-state index >= 15 is 0 Å². The van der Waals surface area contributed by atoms with Crippen LogP contribution in [0.3, 0.4) is 0 Å². The number of carbonyl (C=O) groups is 2. The fourth-order valence-electron chi connectivity index (χ4n) is 3.24. The Morgan fingerprint density at radius 2 is 1.72 bits per heavy atom. The Labute approximate surface area is 213 Å². The zero-order valence-corrected chi connectivity index (χ0v) is 20.9. The van der Waals surface area contributed by atoms with Gasteiger partial charge in [-0.2, -0.15) is 9.41 Å². The van der Waals surface area contributed by atoms with Crippen molar-refractivity contribution in [2.45, 2.75) is 18.2 Å². The van der Waals surface area contributed by atoms with E-state index in [0.29, 0.717) is 12.1 Å². The van der Waals surface area contributed by atoms with Gasteiger partial charge in [-0.1, -0.05) is 48.0 Å². The van der Waals surface area contributed by atoms with Gasteiger partial charge >= 0.3 is 0 Å². The van der Waals surface area contributed by atoms with Crippen LogP contribution in [0.25, 0.3) is 0 Å². The van der Waals surface area contributed by atoms with Crippen LogP contribution in [0.1, 0.15) is 18.1 Å². The summed E-state index contributed by atoms with van der Waals surface area (Å²) in [6, 6.07) is 19.0. The van der Waals surface area contributed by atoms with Crippen molar-refractivity contribution in [3.63, 3.8) is 0 Å². The molecule has 0 unspecified atom stereocenters. The van der Waals surface area contributed by atoms with Gasteiger partial charge in [0.25, 0.3) is 5.91 Å². The van der Waals surface area contributed by atoms with E-state index in [0.717, 1.165) is 16.1 Å². The van der Waals surface area contributed by atoms with Crippen LogP contribution < -0.4 is 10.7 Å². The molecule has 0 aromatic heterocycles. The highest BCUT2D eigenvalue weighted by Gasteiger charge is 2.26. The molecule has 3 rings (SSSR count). The van der Waals surface area contributed by atoms with Crippen LogP contribution in [0.15, 0.2) is 82.8 Å². The molecule has 3 aromatic carbocycles. The summed E-state index contributed by atoms with van der Waals surface area (Å²) in [5.74, 6) is -1.62. The van der Waals surface area contributed by atoms with E-state index < -0.39 is 28.3 Å². The Morgan fingerprint density at radius 1 is 1.03 bits per heavy atom. The smallest absolute Gasteiger partial charge is 0.255 e. The standard InChI is InChI=1S/C25H24ClFN4O4S/c1-18(32)29-20-10-12-21(13-11-20)36(34,35)31(15-14-19-6-3-2-4-7-19)17-25(33)30-28-16-22-23(26)8-5-9-24(22)27/h2-13,16H,14-15,17H2,1H3,(H,29,32)(H,30,33)/b28-16-. The van der Waals surface area contributed by atoms with Gasteiger partial charge in [0.2, 0.25) is 15.9 Å². The lowest BCUT2D eigenvalue weighted by Crippen LogP contribution is -2.40. The number of amides is 2. The monoisotopic (exact) mass is 530 g/mol. The number of benzene rings is 3. The number of anilines is 1. The van der Waals surface area contributed by atoms with E-state index in [9.17, 15) is 22.4 Å². The third-order valence-corrected chi connectivity index (χ3v) is 7.20. The first-order chi connectivity index (χ1) is 17.2. The van der Waals surface area contributed by atoms with E-state index in [2.05, 4.69) is 15.8 Å². The van der Waals surface area contributed by atoms with Gasteiger partial charge in [0, 0.05) is 24.7 Å². The van der Waals surface area contributed by atoms with E-state index in [1.807, 2.05) is 30.3 Å². The van der Waals surface area contributed by atoms with Crippen molar-refractivity contribution in [2.24, 2.45) is 5.10 Å². The third kappa shape index (κ3) is 7.45. The lowest BCUT2D eigenvalue weighted by molar-refractivity contribution is -0.121. The molecule has 2 amide bonds. The normalized spacial score (nSPS) is 11.6. The van der Waals surface area contributed by atoms with Gasteiger partial charge < -0.3 is 5.32 Å². The van der Waals surface area contributed by atoms with Crippen molar-refractivity contribution in [3.8, 4) is 0 Å². The number of nitrogens with one attached hydrogen (secondary N) is 2. The molecule has 0 heterocycles. The van der Waals surface area contributed by atoms with Crippen molar-refractivity contribution in [2.75, 3.05) is 18.4 Å². The molecular weight excluding hydrogens is 507 g/mol. The molecule has 0 aliphatic carbocycles. The predicted octanol–water partition coefficient (Wildman–Crippen LogP) is 3.82. The van der Waals surface area contributed by atoms with Gasteiger partial charge in [0.1, 0.15) is 5.82 Å². The number of halogens is 2. The summed E-state index contributed by atoms with van der Waals surface area (Å²) in [5, 5.41) is 6.40. The maximum absolute atomic E-state index is 13.9. The summed E-state index contributed by atoms with van der Waals surface area (Å²) < 4.78 is 41.6. The Bertz CT molecular complexity index is 1330. The molecule has 0 fully saturated rings. The number of hydrazone groups is 1. The molecular formula is C25H24ClFN4O4S. The Hall–Kier alpha value is -3.60. The van der Waals surface area contributed by atoms with Gasteiger partial charge in [-0.25, -0.2) is 18.2 Å². The number of sulfonamides is 1. The fourth-order valence-corrected chi connectivity index (χ4v) is 4.85. The highest BCUT2D eigenvalue weighted by atomic mass is 35.5. The van der Waals surface area contributed by atoms with Crippen LogP contribution in [0, 0.1) is 5.82 Å². The first-order valence-corrected chi connectivity index (χ1v) is 12.7. The summed E-state index contributed by atoms with van der Waals surface area (Å²) >= 11 is 5.94. The van der Waals surface area contributed by atoms with Crippen LogP contribution in [0.4, 0.5) is 10.1 Å². The Morgan fingerprint density at radius 3 is 2.36 bits per heavy atom. The minimum Gasteiger partial charge on any atom is -0.326 e. The van der Waals surface area contributed by atoms with Gasteiger partial charge in [0.15, 0.2) is 0 Å². The first kappa shape index (κ1) is 27.0. The molecule has 8 nitrogen and oxygen atoms in total. The summed E-state index contributed by atoms with van der Waals surface area (Å²) in [6.07, 6.45) is 1.42. The second-order valence-corrected chi connectivity index (χ2v) is 10.1. The first-order valence-electron chi connectivity index (χ1n) is 10.8. The molecule has 36 heavy (non-hydrogen) atoms. The lowest BCUT2D eigenvalue weighted by Gasteiger charge is -2.21. The molecule has 3 aromatic rings. The molecule has 0 bridgehead atoms. The summed E-state index contributed by atoms with van der Waals surface area (Å²) in [5.41, 5.74) is 3.55. The van der Waals surface area contributed by atoms with Gasteiger partial charge in [0.05, 0.1) is 22.7 Å². The van der Waals surface area contributed by atoms with E-state index in [1.165, 1.54) is 49.4 Å². The summed E-state index contributed by atoms with van der Waals surface area (Å²) in [7, 11) is -4.08. The maximum Gasteiger partial charge on any atom is 0.255 e. The second-order valence-electron chi connectivity index (χ2n) is 7.71. The largest absolute Gasteiger partial charge is 0.326 e. The van der Waals surface area contributed by atoms with Crippen LogP contribution in [-0.4, -0.2) is 43.8 Å². The number of nitrogens with zero attached hydrogens (tertiary/aromatic N) is 2. The van der Waals surface area contributed by atoms with Crippen LogP contribution in [-0.2, 0) is 26.0 Å². The number of hydrogen-bond donors (Lipinski definition) is 2. The topological polar surface area (TPSA) is 108 Å². The quantitative estimate of drug-likeness (QED) is 0.307. The van der Waals surface area contributed by atoms with Crippen molar-refractivity contribution in [1.82, 2.24) is 9.73 Å². The van der Waals surface area contributed by atoms with Gasteiger partial charge in [-0.15, -0.1) is 0 Å². The number of hydrogen-bond acceptors (Lipinski definition) is 5. The minimum absolute atomic E-state index is 0.00715. The molecule has 188 valence electrons. The Kier molecular flexibility index (Phi) is 9.29. The summed E-state index contributed by atoms with van der Waals surface area (Å²) in [4.78, 5) is 23.8. The Balaban J connectivity index is 1.77. The number of rotatable bonds is 10. The second kappa shape index (κ2) is 12.4. The molecule has 0 saturated carbocycles. The average molecular weight is 531 g/mol. The lowest BCUT2D eigenvalue weighted by atomic mass is 10.1. The summed E-state index contributed by atoms with van der Waals surface area (Å²) in [6.45, 7) is 0.845. The number of carbonyl (C=O) groups excluding carboxylic acids is 2. The van der Waals surface area contributed by atoms with E-state index in [-0.39, 0.29) is 27.9 Å². The molecule has 0 radical (unpaired) electrons. The van der Waals surface area contributed by atoms with Gasteiger partial charge in [-0.05, 0) is 48.4 Å². The highest BCUT2D eigenvalue weighted by Crippen LogP contribution is 2.20. The van der Waals surface area contributed by atoms with E-state index in [4.69, 9.17) is 11.6 Å². The van der Waals surface area contributed by atoms with E-state index in [1.54, 1.807) is 0 Å². The maximum atomic E-state index is 13.9. The SMILES string of the molecule is CC(=O)Nc1ccc(S(=O)(=O)N(CCc2ccccc2)CC(=O)N/N=C\c2c(F)cccc2Cl)cc1. The molecule has 0 aliphatic heterocycles. The zero-order chi connectivity index (χ0) is 26.1. The van der Waals surface area contributed by atoms with Crippen LogP contribution in [0.5, 0.6) is 0 Å². The highest BCUT2D eigenvalue weighted by molar-refractivity contribution is 7.89. The molecule has 0 aliphatic rings. The third-order valence-electron chi connectivity index (χ3n) is 5.01. The van der Waals surface area contributed by atoms with Crippen LogP contribution >= 0.6 is 11.6 Å². The van der Waals surface area contributed by atoms with Crippen molar-refractivity contribution >= 4 is 45.3 Å². The predicted molar refractivity (Wildman–Crippen MR) is 137 cm³/mol. The van der Waals surface area contributed by atoms with Crippen molar-refractivity contribution < 1.29 is 22.4 Å². The zero-order valence-electron chi connectivity index (χ0n) is 19.3. The minimum atomic E-state index is -4.08. The molecule has 2 N–H and O–H groups in total. The van der Waals surface area contributed by atoms with Gasteiger partial charge in [-0.3, -0.25) is 9.59 Å². The molecule has 0 saturated heterocycles. The molecule has 0 atom stereocenters. The molecule has 11 heteroatoms. The van der Waals surface area contributed by atoms with Crippen LogP contribution in [0.2, 0.25) is 5.02 Å². The van der Waals surface area contributed by atoms with Crippen molar-refractivity contribution in [3.05, 3.63) is 94.8 Å². The fraction of sp³-hybridized carbons (Fsp3) is 0.160.